The van der Waals surface area contributed by atoms with Gasteiger partial charge in [-0.15, -0.1) is 0 Å². The van der Waals surface area contributed by atoms with Crippen molar-refractivity contribution in [3.8, 4) is 34.0 Å². The molecule has 1 amide bonds. The highest BCUT2D eigenvalue weighted by Crippen LogP contribution is 2.34. The maximum atomic E-state index is 13.0. The molecule has 3 aliphatic heterocycles. The fourth-order valence-corrected chi connectivity index (χ4v) is 11.0. The van der Waals surface area contributed by atoms with Crippen LogP contribution in [0.25, 0.3) is 22.3 Å². The third-order valence-electron chi connectivity index (χ3n) is 12.7. The number of aliphatic carboxylic acids is 1. The van der Waals surface area contributed by atoms with Crippen LogP contribution in [0, 0.1) is 0 Å². The Labute approximate surface area is 396 Å². The molecule has 4 aromatic rings. The number of carboxylic acids is 1. The van der Waals surface area contributed by atoms with Gasteiger partial charge >= 0.3 is 16.2 Å². The van der Waals surface area contributed by atoms with Gasteiger partial charge in [0.25, 0.3) is 10.2 Å². The van der Waals surface area contributed by atoms with Crippen molar-refractivity contribution in [2.75, 3.05) is 66.6 Å². The Morgan fingerprint density at radius 1 is 0.940 bits per heavy atom. The number of nitrogens with zero attached hydrogens (tertiary/aromatic N) is 6. The Morgan fingerprint density at radius 2 is 1.61 bits per heavy atom. The van der Waals surface area contributed by atoms with Crippen molar-refractivity contribution in [3.05, 3.63) is 95.3 Å². The number of aromatic nitrogens is 2. The SMILES string of the molecule is CC(C)c1cccc(-c2ccnc(OCCN(C)C3CCCN(S(N)(=O)=O)C3)c2)c1CC(=O)O.CC(C)c1cccc2c1CC(=O)NS(=O)(=O)N1CCCC(C1)N(C)CCOc1cc-2ccn1. The van der Waals surface area contributed by atoms with E-state index in [1.165, 1.54) is 8.61 Å². The molecule has 3 aliphatic rings. The molecule has 17 nitrogen and oxygen atoms in total. The zero-order valence-electron chi connectivity index (χ0n) is 39.4. The first-order chi connectivity index (χ1) is 31.8. The highest BCUT2D eigenvalue weighted by molar-refractivity contribution is 7.87. The van der Waals surface area contributed by atoms with Gasteiger partial charge in [-0.1, -0.05) is 64.1 Å². The largest absolute Gasteiger partial charge is 0.481 e. The lowest BCUT2D eigenvalue weighted by atomic mass is 9.88. The number of carbonyl (C=O) groups excluding carboxylic acids is 1. The summed E-state index contributed by atoms with van der Waals surface area (Å²) in [5.41, 5.74) is 7.13. The molecule has 3 unspecified atom stereocenters. The van der Waals surface area contributed by atoms with Crippen LogP contribution in [0.15, 0.2) is 73.1 Å². The predicted octanol–water partition coefficient (Wildman–Crippen LogP) is 5.04. The molecule has 5 heterocycles. The number of pyridine rings is 2. The molecule has 0 spiro atoms. The van der Waals surface area contributed by atoms with E-state index in [0.29, 0.717) is 64.2 Å². The maximum Gasteiger partial charge on any atom is 0.307 e. The Kier molecular flexibility index (Phi) is 17.5. The van der Waals surface area contributed by atoms with Crippen molar-refractivity contribution in [1.82, 2.24) is 33.1 Å². The van der Waals surface area contributed by atoms with Crippen LogP contribution in [-0.2, 0) is 42.8 Å². The molecular weight excluding hydrogens is 897 g/mol. The van der Waals surface area contributed by atoms with Gasteiger partial charge in [-0.25, -0.2) is 19.8 Å². The van der Waals surface area contributed by atoms with Crippen molar-refractivity contribution in [3.63, 3.8) is 0 Å². The van der Waals surface area contributed by atoms with Crippen molar-refractivity contribution < 1.29 is 41.0 Å². The number of ether oxygens (including phenoxy) is 2. The minimum atomic E-state index is -3.92. The Bertz CT molecular complexity index is 2580. The molecule has 0 saturated carbocycles. The average Bonchev–Trinajstić information content (AvgIpc) is 3.28. The zero-order valence-corrected chi connectivity index (χ0v) is 41.1. The van der Waals surface area contributed by atoms with Gasteiger partial charge in [-0.2, -0.15) is 25.4 Å². The average molecular weight is 963 g/mol. The Hall–Kier alpha value is -5.02. The fourth-order valence-electron chi connectivity index (χ4n) is 9.06. The first-order valence-corrected chi connectivity index (χ1v) is 25.9. The van der Waals surface area contributed by atoms with E-state index >= 15 is 0 Å². The lowest BCUT2D eigenvalue weighted by Crippen LogP contribution is -2.53. The summed E-state index contributed by atoms with van der Waals surface area (Å²) in [4.78, 5) is 37.4. The third-order valence-corrected chi connectivity index (χ3v) is 15.3. The number of carboxylic acid groups (broad SMARTS) is 1. The van der Waals surface area contributed by atoms with Gasteiger partial charge in [0.2, 0.25) is 17.7 Å². The van der Waals surface area contributed by atoms with Crippen molar-refractivity contribution in [1.29, 1.82) is 0 Å². The number of benzene rings is 2. The second kappa shape index (κ2) is 22.9. The summed E-state index contributed by atoms with van der Waals surface area (Å²) in [5, 5.41) is 14.7. The second-order valence-corrected chi connectivity index (χ2v) is 21.3. The lowest BCUT2D eigenvalue weighted by molar-refractivity contribution is -0.136. The minimum Gasteiger partial charge on any atom is -0.481 e. The zero-order chi connectivity index (χ0) is 48.5. The summed E-state index contributed by atoms with van der Waals surface area (Å²) in [6, 6.07) is 19.3. The molecule has 2 fully saturated rings. The first kappa shape index (κ1) is 51.4. The minimum absolute atomic E-state index is 0.0292. The molecule has 0 aliphatic carbocycles. The number of nitrogens with one attached hydrogen (secondary N) is 1. The van der Waals surface area contributed by atoms with Crippen molar-refractivity contribution >= 4 is 32.3 Å². The number of fused-ring (bicyclic) bond motifs is 6. The number of hydrogen-bond acceptors (Lipinski definition) is 12. The summed E-state index contributed by atoms with van der Waals surface area (Å²) in [5.74, 6) is -0.0366. The molecule has 7 rings (SSSR count). The van der Waals surface area contributed by atoms with Crippen LogP contribution in [0.4, 0.5) is 0 Å². The van der Waals surface area contributed by atoms with Gasteiger partial charge in [0.1, 0.15) is 13.2 Å². The second-order valence-electron chi connectivity index (χ2n) is 18.1. The van der Waals surface area contributed by atoms with Gasteiger partial charge in [0.05, 0.1) is 12.8 Å². The fraction of sp³-hybridized carbons (Fsp3) is 0.500. The normalized spacial score (nSPS) is 20.6. The van der Waals surface area contributed by atoms with Crippen LogP contribution in [0.3, 0.4) is 0 Å². The van der Waals surface area contributed by atoms with Gasteiger partial charge in [0.15, 0.2) is 0 Å². The molecule has 2 aromatic carbocycles. The third kappa shape index (κ3) is 13.8. The Morgan fingerprint density at radius 3 is 2.31 bits per heavy atom. The van der Waals surface area contributed by atoms with Crippen LogP contribution < -0.4 is 19.3 Å². The number of rotatable bonds is 11. The number of hydrogen-bond donors (Lipinski definition) is 3. The van der Waals surface area contributed by atoms with E-state index in [1.54, 1.807) is 12.4 Å². The van der Waals surface area contributed by atoms with Crippen LogP contribution >= 0.6 is 0 Å². The van der Waals surface area contributed by atoms with E-state index in [0.717, 1.165) is 70.2 Å². The summed E-state index contributed by atoms with van der Waals surface area (Å²) >= 11 is 0. The van der Waals surface area contributed by atoms with E-state index in [9.17, 15) is 31.5 Å². The van der Waals surface area contributed by atoms with Gasteiger partial charge in [0, 0.05) is 75.9 Å². The van der Waals surface area contributed by atoms with E-state index < -0.39 is 32.3 Å². The molecule has 2 saturated heterocycles. The summed E-state index contributed by atoms with van der Waals surface area (Å²) < 4.78 is 66.3. The molecule has 364 valence electrons. The molecule has 3 atom stereocenters. The predicted molar refractivity (Wildman–Crippen MR) is 258 cm³/mol. The molecule has 4 bridgehead atoms. The number of piperidine rings is 2. The van der Waals surface area contributed by atoms with Crippen LogP contribution in [0.1, 0.15) is 87.5 Å². The summed E-state index contributed by atoms with van der Waals surface area (Å²) in [7, 11) is -3.68. The number of amides is 1. The topological polar surface area (TPSA) is 218 Å². The van der Waals surface area contributed by atoms with E-state index in [-0.39, 0.29) is 36.8 Å². The molecule has 4 N–H and O–H groups in total. The quantitative estimate of drug-likeness (QED) is 0.180. The number of carbonyl (C=O) groups is 2. The van der Waals surface area contributed by atoms with Crippen LogP contribution in [-0.4, -0.2) is 141 Å². The first-order valence-electron chi connectivity index (χ1n) is 22.9. The van der Waals surface area contributed by atoms with Gasteiger partial charge < -0.3 is 14.6 Å². The number of nitrogens with two attached hydrogens (primary N) is 1. The van der Waals surface area contributed by atoms with Gasteiger partial charge in [-0.3, -0.25) is 19.4 Å². The summed E-state index contributed by atoms with van der Waals surface area (Å²) in [6.45, 7) is 11.9. The molecule has 19 heteroatoms. The smallest absolute Gasteiger partial charge is 0.307 e. The lowest BCUT2D eigenvalue weighted by Gasteiger charge is -2.36. The highest BCUT2D eigenvalue weighted by atomic mass is 32.2. The molecule has 0 radical (unpaired) electrons. The van der Waals surface area contributed by atoms with E-state index in [2.05, 4.69) is 52.2 Å². The maximum absolute atomic E-state index is 13.0. The van der Waals surface area contributed by atoms with Crippen LogP contribution in [0.5, 0.6) is 11.8 Å². The summed E-state index contributed by atoms with van der Waals surface area (Å²) in [6.07, 6.45) is 6.59. The van der Waals surface area contributed by atoms with E-state index in [4.69, 9.17) is 14.6 Å². The number of likely N-dealkylation sites (N-methyl/N-ethyl adjacent to an activating group) is 2. The molecule has 67 heavy (non-hydrogen) atoms. The van der Waals surface area contributed by atoms with E-state index in [1.807, 2.05) is 74.8 Å². The van der Waals surface area contributed by atoms with Crippen LogP contribution in [0.2, 0.25) is 0 Å². The molecular formula is C48H66N8O9S2. The molecule has 2 aromatic heterocycles. The van der Waals surface area contributed by atoms with Gasteiger partial charge in [-0.05, 0) is 108 Å². The van der Waals surface area contributed by atoms with Crippen molar-refractivity contribution in [2.24, 2.45) is 5.14 Å². The Balaban J connectivity index is 0.000000221. The highest BCUT2D eigenvalue weighted by Gasteiger charge is 2.33. The standard InChI is InChI=1S/C24H34N4O5S.C24H32N4O4S/c1-17(2)20-7-4-8-21(22(20)15-24(29)30)18-9-10-26-23(14-18)33-13-12-27(3)19-6-5-11-28(16-19)34(25,31)32;1-17(2)20-7-4-8-21-18-9-10-25-24(14-18)32-13-12-27(3)19-6-5-11-28(16-19)33(30,31)26-23(29)15-22(20)21/h4,7-10,14,17,19H,5-6,11-13,15-16H2,1-3H3,(H,29,30)(H2,25,31,32);4,7-10,14,17,19H,5-6,11-13,15-16H2,1-3H3,(H,26,29). The van der Waals surface area contributed by atoms with Crippen molar-refractivity contribution in [2.45, 2.75) is 90.1 Å². The monoisotopic (exact) mass is 962 g/mol.